The van der Waals surface area contributed by atoms with Crippen LogP contribution in [0.1, 0.15) is 18.1 Å². The largest absolute Gasteiger partial charge is 0.506 e. The molecule has 0 fully saturated rings. The van der Waals surface area contributed by atoms with E-state index < -0.39 is 0 Å². The zero-order chi connectivity index (χ0) is 14.7. The molecule has 4 heteroatoms. The van der Waals surface area contributed by atoms with E-state index in [4.69, 9.17) is 0 Å². The number of hydrogen-bond donors (Lipinski definition) is 1. The van der Waals surface area contributed by atoms with Gasteiger partial charge in [0.15, 0.2) is 0 Å². The number of rotatable bonds is 4. The second-order valence-electron chi connectivity index (χ2n) is 4.76. The topological polar surface area (TPSA) is 23.5 Å². The van der Waals surface area contributed by atoms with Gasteiger partial charge in [-0.25, -0.2) is 0 Å². The molecule has 0 heterocycles. The van der Waals surface area contributed by atoms with Crippen LogP contribution in [-0.2, 0) is 6.54 Å². The average molecular weight is 399 g/mol. The molecule has 0 saturated heterocycles. The molecule has 0 aliphatic heterocycles. The lowest BCUT2D eigenvalue weighted by molar-refractivity contribution is 0.468. The average Bonchev–Trinajstić information content (AvgIpc) is 2.42. The van der Waals surface area contributed by atoms with Crippen molar-refractivity contribution >= 4 is 37.5 Å². The molecule has 0 amide bonds. The van der Waals surface area contributed by atoms with Gasteiger partial charge in [-0.05, 0) is 81.1 Å². The normalized spacial score (nSPS) is 10.6. The van der Waals surface area contributed by atoms with E-state index in [2.05, 4.69) is 74.9 Å². The molecule has 0 aromatic heterocycles. The first-order valence-corrected chi connectivity index (χ1v) is 8.08. The standard InChI is InChI=1S/C16H17Br2NO/c1-3-19(13-6-4-5-11(2)7-13)10-12-8-14(17)16(20)15(18)9-12/h4-9,20H,3,10H2,1-2H3. The van der Waals surface area contributed by atoms with E-state index >= 15 is 0 Å². The molecule has 0 spiro atoms. The van der Waals surface area contributed by atoms with E-state index in [9.17, 15) is 5.11 Å². The van der Waals surface area contributed by atoms with Crippen LogP contribution in [-0.4, -0.2) is 11.7 Å². The van der Waals surface area contributed by atoms with Crippen LogP contribution in [0.4, 0.5) is 5.69 Å². The molecule has 0 saturated carbocycles. The van der Waals surface area contributed by atoms with Crippen LogP contribution in [0, 0.1) is 6.92 Å². The molecule has 2 aromatic rings. The maximum Gasteiger partial charge on any atom is 0.143 e. The molecule has 0 bridgehead atoms. The predicted molar refractivity (Wildman–Crippen MR) is 91.4 cm³/mol. The van der Waals surface area contributed by atoms with Gasteiger partial charge in [-0.2, -0.15) is 0 Å². The number of hydrogen-bond acceptors (Lipinski definition) is 2. The minimum Gasteiger partial charge on any atom is -0.506 e. The van der Waals surface area contributed by atoms with Crippen molar-refractivity contribution in [2.24, 2.45) is 0 Å². The summed E-state index contributed by atoms with van der Waals surface area (Å²) in [7, 11) is 0. The number of phenolic OH excluding ortho intramolecular Hbond substituents is 1. The highest BCUT2D eigenvalue weighted by molar-refractivity contribution is 9.11. The minimum absolute atomic E-state index is 0.243. The summed E-state index contributed by atoms with van der Waals surface area (Å²) in [5, 5.41) is 9.77. The van der Waals surface area contributed by atoms with E-state index in [0.29, 0.717) is 8.95 Å². The maximum atomic E-state index is 9.77. The number of anilines is 1. The van der Waals surface area contributed by atoms with Crippen molar-refractivity contribution in [1.82, 2.24) is 0 Å². The van der Waals surface area contributed by atoms with Gasteiger partial charge in [0.1, 0.15) is 5.75 Å². The Balaban J connectivity index is 2.27. The molecule has 2 rings (SSSR count). The Morgan fingerprint density at radius 1 is 1.10 bits per heavy atom. The van der Waals surface area contributed by atoms with Crippen molar-refractivity contribution in [2.75, 3.05) is 11.4 Å². The quantitative estimate of drug-likeness (QED) is 0.759. The zero-order valence-electron chi connectivity index (χ0n) is 11.5. The fourth-order valence-corrected chi connectivity index (χ4v) is 3.42. The first-order chi connectivity index (χ1) is 9.51. The smallest absolute Gasteiger partial charge is 0.143 e. The van der Waals surface area contributed by atoms with Gasteiger partial charge in [-0.3, -0.25) is 0 Å². The van der Waals surface area contributed by atoms with Crippen molar-refractivity contribution in [1.29, 1.82) is 0 Å². The highest BCUT2D eigenvalue weighted by Crippen LogP contribution is 2.34. The molecule has 2 aromatic carbocycles. The fourth-order valence-electron chi connectivity index (χ4n) is 2.14. The van der Waals surface area contributed by atoms with E-state index in [1.807, 2.05) is 12.1 Å². The summed E-state index contributed by atoms with van der Waals surface area (Å²) in [6, 6.07) is 12.4. The molecule has 106 valence electrons. The molecular formula is C16H17Br2NO. The SMILES string of the molecule is CCN(Cc1cc(Br)c(O)c(Br)c1)c1cccc(C)c1. The van der Waals surface area contributed by atoms with E-state index in [-0.39, 0.29) is 5.75 Å². The van der Waals surface area contributed by atoms with Crippen LogP contribution in [0.5, 0.6) is 5.75 Å². The van der Waals surface area contributed by atoms with Gasteiger partial charge in [0.05, 0.1) is 8.95 Å². The van der Waals surface area contributed by atoms with Gasteiger partial charge in [0.2, 0.25) is 0 Å². The molecule has 2 nitrogen and oxygen atoms in total. The first kappa shape index (κ1) is 15.4. The number of aromatic hydroxyl groups is 1. The van der Waals surface area contributed by atoms with Crippen LogP contribution in [0.15, 0.2) is 45.3 Å². The molecule has 0 unspecified atom stereocenters. The Bertz CT molecular complexity index is 590. The van der Waals surface area contributed by atoms with E-state index in [1.165, 1.54) is 11.3 Å². The fraction of sp³-hybridized carbons (Fsp3) is 0.250. The lowest BCUT2D eigenvalue weighted by Gasteiger charge is -2.24. The Hall–Kier alpha value is -1.00. The summed E-state index contributed by atoms with van der Waals surface area (Å²) >= 11 is 6.76. The van der Waals surface area contributed by atoms with Crippen LogP contribution in [0.2, 0.25) is 0 Å². The van der Waals surface area contributed by atoms with Crippen molar-refractivity contribution in [3.05, 3.63) is 56.5 Å². The minimum atomic E-state index is 0.243. The molecule has 1 N–H and O–H groups in total. The summed E-state index contributed by atoms with van der Waals surface area (Å²) in [6.45, 7) is 5.98. The molecular weight excluding hydrogens is 382 g/mol. The number of phenols is 1. The number of halogens is 2. The zero-order valence-corrected chi connectivity index (χ0v) is 14.7. The summed E-state index contributed by atoms with van der Waals surface area (Å²) in [6.07, 6.45) is 0. The summed E-state index contributed by atoms with van der Waals surface area (Å²) in [5.74, 6) is 0.243. The van der Waals surface area contributed by atoms with Crippen LogP contribution in [0.25, 0.3) is 0 Å². The van der Waals surface area contributed by atoms with Crippen LogP contribution >= 0.6 is 31.9 Å². The van der Waals surface area contributed by atoms with Crippen molar-refractivity contribution in [3.8, 4) is 5.75 Å². The van der Waals surface area contributed by atoms with Gasteiger partial charge in [0, 0.05) is 18.8 Å². The molecule has 0 radical (unpaired) electrons. The Morgan fingerprint density at radius 3 is 2.30 bits per heavy atom. The third-order valence-corrected chi connectivity index (χ3v) is 4.41. The lowest BCUT2D eigenvalue weighted by atomic mass is 10.1. The van der Waals surface area contributed by atoms with E-state index in [0.717, 1.165) is 18.7 Å². The van der Waals surface area contributed by atoms with Gasteiger partial charge < -0.3 is 10.0 Å². The second kappa shape index (κ2) is 6.64. The molecule has 0 aliphatic rings. The Morgan fingerprint density at radius 2 is 1.75 bits per heavy atom. The van der Waals surface area contributed by atoms with Crippen LogP contribution < -0.4 is 4.90 Å². The van der Waals surface area contributed by atoms with Gasteiger partial charge in [-0.15, -0.1) is 0 Å². The van der Waals surface area contributed by atoms with Crippen molar-refractivity contribution in [3.63, 3.8) is 0 Å². The number of benzene rings is 2. The highest BCUT2D eigenvalue weighted by Gasteiger charge is 2.10. The molecule has 0 aliphatic carbocycles. The van der Waals surface area contributed by atoms with Crippen molar-refractivity contribution < 1.29 is 5.11 Å². The summed E-state index contributed by atoms with van der Waals surface area (Å²) < 4.78 is 1.42. The monoisotopic (exact) mass is 397 g/mol. The number of aryl methyl sites for hydroxylation is 1. The predicted octanol–water partition coefficient (Wildman–Crippen LogP) is 5.25. The van der Waals surface area contributed by atoms with Gasteiger partial charge >= 0.3 is 0 Å². The maximum absolute atomic E-state index is 9.77. The third kappa shape index (κ3) is 3.55. The second-order valence-corrected chi connectivity index (χ2v) is 6.47. The van der Waals surface area contributed by atoms with Crippen molar-refractivity contribution in [2.45, 2.75) is 20.4 Å². The molecule has 20 heavy (non-hydrogen) atoms. The third-order valence-electron chi connectivity index (χ3n) is 3.20. The number of nitrogens with zero attached hydrogens (tertiary/aromatic N) is 1. The first-order valence-electron chi connectivity index (χ1n) is 6.49. The highest BCUT2D eigenvalue weighted by atomic mass is 79.9. The Labute approximate surface area is 136 Å². The van der Waals surface area contributed by atoms with E-state index in [1.54, 1.807) is 0 Å². The summed E-state index contributed by atoms with van der Waals surface area (Å²) in [5.41, 5.74) is 3.62. The van der Waals surface area contributed by atoms with Crippen LogP contribution in [0.3, 0.4) is 0 Å². The lowest BCUT2D eigenvalue weighted by Crippen LogP contribution is -2.22. The molecule has 0 atom stereocenters. The van der Waals surface area contributed by atoms with Gasteiger partial charge in [-0.1, -0.05) is 12.1 Å². The Kier molecular flexibility index (Phi) is 5.11. The van der Waals surface area contributed by atoms with Gasteiger partial charge in [0.25, 0.3) is 0 Å². The summed E-state index contributed by atoms with van der Waals surface area (Å²) in [4.78, 5) is 2.30.